The number of aromatic nitrogens is 2. The Labute approximate surface area is 185 Å². The molecule has 0 spiro atoms. The molecule has 31 heavy (non-hydrogen) atoms. The van der Waals surface area contributed by atoms with Gasteiger partial charge in [-0.05, 0) is 23.6 Å². The fourth-order valence-electron chi connectivity index (χ4n) is 3.44. The molecule has 4 rings (SSSR count). The molecule has 0 fully saturated rings. The van der Waals surface area contributed by atoms with Gasteiger partial charge < -0.3 is 0 Å². The van der Waals surface area contributed by atoms with E-state index in [0.717, 1.165) is 18.7 Å². The lowest BCUT2D eigenvalue weighted by Crippen LogP contribution is -2.33. The van der Waals surface area contributed by atoms with Gasteiger partial charge in [-0.15, -0.1) is 0 Å². The van der Waals surface area contributed by atoms with Gasteiger partial charge in [-0.2, -0.15) is 0 Å². The van der Waals surface area contributed by atoms with E-state index in [1.54, 1.807) is 0 Å². The number of hydrogen-bond donors (Lipinski definition) is 0. The first-order valence-electron chi connectivity index (χ1n) is 10.6. The van der Waals surface area contributed by atoms with E-state index in [1.807, 2.05) is 6.08 Å². The molecule has 2 heterocycles. The lowest BCUT2D eigenvalue weighted by atomic mass is 10.1. The van der Waals surface area contributed by atoms with Crippen LogP contribution in [0.4, 0.5) is 0 Å². The lowest BCUT2D eigenvalue weighted by Gasteiger charge is -2.00. The summed E-state index contributed by atoms with van der Waals surface area (Å²) in [5.41, 5.74) is 7.42. The Morgan fingerprint density at radius 2 is 1.00 bits per heavy atom. The van der Waals surface area contributed by atoms with Gasteiger partial charge in [-0.3, -0.25) is 0 Å². The number of pyridine rings is 2. The van der Waals surface area contributed by atoms with Crippen LogP contribution in [0.2, 0.25) is 0 Å². The molecule has 0 saturated heterocycles. The molecule has 0 aliphatic rings. The third kappa shape index (κ3) is 5.86. The molecule has 152 valence electrons. The van der Waals surface area contributed by atoms with Crippen LogP contribution < -0.4 is 9.13 Å². The van der Waals surface area contributed by atoms with Crippen molar-refractivity contribution in [3.05, 3.63) is 138 Å². The highest BCUT2D eigenvalue weighted by atomic mass is 14.9. The molecule has 2 nitrogen and oxygen atoms in total. The molecule has 4 aromatic rings. The Bertz CT molecular complexity index is 1150. The standard InChI is InChI=1S/C29H28N2/c1-3-25-8-12-29(13-9-25)23-31-20-16-27(17-21-31)11-10-26-14-18-30(19-15-26)22-28-6-4-24(2)5-7-28/h3-21H,1,22-23H2,2H3/q+2/b11-10+. The third-order valence-corrected chi connectivity index (χ3v) is 5.37. The van der Waals surface area contributed by atoms with Crippen LogP contribution in [0, 0.1) is 6.92 Å². The van der Waals surface area contributed by atoms with Crippen molar-refractivity contribution in [3.8, 4) is 0 Å². The highest BCUT2D eigenvalue weighted by Crippen LogP contribution is 2.08. The van der Waals surface area contributed by atoms with Gasteiger partial charge in [0.05, 0.1) is 0 Å². The summed E-state index contributed by atoms with van der Waals surface area (Å²) in [7, 11) is 0. The van der Waals surface area contributed by atoms with Crippen molar-refractivity contribution in [1.82, 2.24) is 0 Å². The van der Waals surface area contributed by atoms with Gasteiger partial charge in [-0.25, -0.2) is 9.13 Å². The van der Waals surface area contributed by atoms with Gasteiger partial charge in [0.2, 0.25) is 0 Å². The average Bonchev–Trinajstić information content (AvgIpc) is 2.81. The Morgan fingerprint density at radius 3 is 1.42 bits per heavy atom. The topological polar surface area (TPSA) is 7.76 Å². The Kier molecular flexibility index (Phi) is 6.49. The van der Waals surface area contributed by atoms with Gasteiger partial charge in [0, 0.05) is 35.4 Å². The van der Waals surface area contributed by atoms with E-state index in [9.17, 15) is 0 Å². The highest BCUT2D eigenvalue weighted by Gasteiger charge is 2.04. The summed E-state index contributed by atoms with van der Waals surface area (Å²) in [6, 6.07) is 25.8. The van der Waals surface area contributed by atoms with Crippen LogP contribution in [0.5, 0.6) is 0 Å². The molecule has 0 atom stereocenters. The Morgan fingerprint density at radius 1 is 0.581 bits per heavy atom. The zero-order valence-electron chi connectivity index (χ0n) is 18.0. The molecule has 0 bridgehead atoms. The maximum atomic E-state index is 3.80. The van der Waals surface area contributed by atoms with Crippen molar-refractivity contribution in [3.63, 3.8) is 0 Å². The van der Waals surface area contributed by atoms with Crippen LogP contribution in [0.1, 0.15) is 33.4 Å². The molecule has 0 amide bonds. The van der Waals surface area contributed by atoms with Gasteiger partial charge in [0.25, 0.3) is 0 Å². The summed E-state index contributed by atoms with van der Waals surface area (Å²) in [6.45, 7) is 7.67. The fraction of sp³-hybridized carbons (Fsp3) is 0.103. The van der Waals surface area contributed by atoms with E-state index in [0.29, 0.717) is 0 Å². The summed E-state index contributed by atoms with van der Waals surface area (Å²) in [5.74, 6) is 0. The van der Waals surface area contributed by atoms with Gasteiger partial charge in [-0.1, -0.05) is 78.9 Å². The first kappa shape index (κ1) is 20.5. The van der Waals surface area contributed by atoms with Gasteiger partial charge in [0.15, 0.2) is 37.9 Å². The first-order chi connectivity index (χ1) is 15.2. The molecule has 2 aromatic heterocycles. The minimum absolute atomic E-state index is 0.862. The normalized spacial score (nSPS) is 11.0. The molecule has 0 N–H and O–H groups in total. The number of rotatable bonds is 7. The zero-order chi connectivity index (χ0) is 21.5. The van der Waals surface area contributed by atoms with Crippen molar-refractivity contribution < 1.29 is 9.13 Å². The largest absolute Gasteiger partial charge is 0.201 e. The predicted molar refractivity (Wildman–Crippen MR) is 128 cm³/mol. The molecular weight excluding hydrogens is 376 g/mol. The van der Waals surface area contributed by atoms with Crippen molar-refractivity contribution in [2.75, 3.05) is 0 Å². The second-order valence-corrected chi connectivity index (χ2v) is 7.87. The van der Waals surface area contributed by atoms with E-state index in [1.165, 1.54) is 27.8 Å². The van der Waals surface area contributed by atoms with E-state index in [4.69, 9.17) is 0 Å². The van der Waals surface area contributed by atoms with Gasteiger partial charge >= 0.3 is 0 Å². The molecule has 0 aliphatic heterocycles. The molecule has 0 unspecified atom stereocenters. The monoisotopic (exact) mass is 404 g/mol. The van der Waals surface area contributed by atoms with Crippen molar-refractivity contribution in [2.24, 2.45) is 0 Å². The molecule has 0 aliphatic carbocycles. The maximum Gasteiger partial charge on any atom is 0.173 e. The quantitative estimate of drug-likeness (QED) is 0.360. The zero-order valence-corrected chi connectivity index (χ0v) is 18.0. The van der Waals surface area contributed by atoms with Crippen LogP contribution in [-0.4, -0.2) is 0 Å². The number of benzene rings is 2. The highest BCUT2D eigenvalue weighted by molar-refractivity contribution is 5.68. The summed E-state index contributed by atoms with van der Waals surface area (Å²) >= 11 is 0. The minimum atomic E-state index is 0.862. The molecular formula is C29H28N2+2. The number of hydrogen-bond acceptors (Lipinski definition) is 0. The van der Waals surface area contributed by atoms with E-state index >= 15 is 0 Å². The lowest BCUT2D eigenvalue weighted by molar-refractivity contribution is -0.688. The SMILES string of the molecule is C=Cc1ccc(C[n+]2ccc(/C=C/c3cc[n+](Cc4ccc(C)cc4)cc3)cc2)cc1. The van der Waals surface area contributed by atoms with Gasteiger partial charge in [0.1, 0.15) is 0 Å². The van der Waals surface area contributed by atoms with Crippen molar-refractivity contribution in [1.29, 1.82) is 0 Å². The number of aryl methyl sites for hydroxylation is 1. The molecule has 0 radical (unpaired) electrons. The average molecular weight is 405 g/mol. The maximum absolute atomic E-state index is 3.80. The molecule has 2 heteroatoms. The smallest absolute Gasteiger partial charge is 0.173 e. The van der Waals surface area contributed by atoms with Crippen LogP contribution in [0.25, 0.3) is 18.2 Å². The number of nitrogens with zero attached hydrogens (tertiary/aromatic N) is 2. The summed E-state index contributed by atoms with van der Waals surface area (Å²) in [5, 5.41) is 0. The second-order valence-electron chi connectivity index (χ2n) is 7.87. The van der Waals surface area contributed by atoms with E-state index in [-0.39, 0.29) is 0 Å². The van der Waals surface area contributed by atoms with Crippen molar-refractivity contribution in [2.45, 2.75) is 20.0 Å². The summed E-state index contributed by atoms with van der Waals surface area (Å²) in [6.07, 6.45) is 14.7. The fourth-order valence-corrected chi connectivity index (χ4v) is 3.44. The molecule has 2 aromatic carbocycles. The summed E-state index contributed by atoms with van der Waals surface area (Å²) in [4.78, 5) is 0. The van der Waals surface area contributed by atoms with Crippen molar-refractivity contribution >= 4 is 18.2 Å². The third-order valence-electron chi connectivity index (χ3n) is 5.37. The van der Waals surface area contributed by atoms with Crippen LogP contribution in [0.3, 0.4) is 0 Å². The van der Waals surface area contributed by atoms with E-state index in [2.05, 4.69) is 132 Å². The minimum Gasteiger partial charge on any atom is -0.201 e. The second kappa shape index (κ2) is 9.82. The summed E-state index contributed by atoms with van der Waals surface area (Å²) < 4.78 is 4.39. The van der Waals surface area contributed by atoms with Crippen LogP contribution in [-0.2, 0) is 13.1 Å². The Hall–Kier alpha value is -3.78. The Balaban J connectivity index is 1.35. The van der Waals surface area contributed by atoms with Crippen LogP contribution >= 0.6 is 0 Å². The van der Waals surface area contributed by atoms with E-state index < -0.39 is 0 Å². The first-order valence-corrected chi connectivity index (χ1v) is 10.6. The predicted octanol–water partition coefficient (Wildman–Crippen LogP) is 5.48. The molecule has 0 saturated carbocycles. The van der Waals surface area contributed by atoms with Crippen LogP contribution in [0.15, 0.2) is 104 Å².